The lowest BCUT2D eigenvalue weighted by Gasteiger charge is -2.13. The normalized spacial score (nSPS) is 12.2. The Morgan fingerprint density at radius 1 is 1.04 bits per heavy atom. The van der Waals surface area contributed by atoms with Crippen LogP contribution in [0.25, 0.3) is 11.0 Å². The first-order chi connectivity index (χ1) is 12.6. The van der Waals surface area contributed by atoms with Crippen molar-refractivity contribution in [3.05, 3.63) is 48.3 Å². The number of nitrogens with zero attached hydrogens (tertiary/aromatic N) is 1. The number of aliphatic hydroxyl groups is 1. The molecule has 3 rings (SSSR count). The van der Waals surface area contributed by atoms with Crippen molar-refractivity contribution < 1.29 is 23.9 Å². The Morgan fingerprint density at radius 2 is 1.69 bits per heavy atom. The molecular formula is C20H25N2O4+. The van der Waals surface area contributed by atoms with Gasteiger partial charge in [-0.15, -0.1) is 0 Å². The SMILES string of the molecule is CCc1[nH]c2ccccc2[n+]1CC(O)COc1cc(OC)cc(OC)c1. The summed E-state index contributed by atoms with van der Waals surface area (Å²) in [5.74, 6) is 2.97. The minimum absolute atomic E-state index is 0.173. The highest BCUT2D eigenvalue weighted by molar-refractivity contribution is 5.71. The molecule has 6 heteroatoms. The van der Waals surface area contributed by atoms with E-state index in [9.17, 15) is 5.11 Å². The van der Waals surface area contributed by atoms with E-state index in [1.54, 1.807) is 32.4 Å². The Balaban J connectivity index is 1.71. The molecule has 0 aliphatic heterocycles. The van der Waals surface area contributed by atoms with E-state index >= 15 is 0 Å². The molecule has 0 spiro atoms. The first kappa shape index (κ1) is 18.1. The quantitative estimate of drug-likeness (QED) is 0.608. The summed E-state index contributed by atoms with van der Waals surface area (Å²) in [7, 11) is 3.18. The molecule has 0 aliphatic carbocycles. The summed E-state index contributed by atoms with van der Waals surface area (Å²) in [5, 5.41) is 10.5. The number of fused-ring (bicyclic) bond motifs is 1. The van der Waals surface area contributed by atoms with Gasteiger partial charge in [0, 0.05) is 24.6 Å². The third kappa shape index (κ3) is 3.91. The summed E-state index contributed by atoms with van der Waals surface area (Å²) in [6.07, 6.45) is 0.205. The van der Waals surface area contributed by atoms with Crippen LogP contribution < -0.4 is 18.8 Å². The van der Waals surface area contributed by atoms with Crippen LogP contribution >= 0.6 is 0 Å². The number of ether oxygens (including phenoxy) is 3. The lowest BCUT2D eigenvalue weighted by atomic mass is 10.3. The molecule has 0 bridgehead atoms. The van der Waals surface area contributed by atoms with E-state index in [0.717, 1.165) is 23.3 Å². The topological polar surface area (TPSA) is 67.6 Å². The first-order valence-corrected chi connectivity index (χ1v) is 8.68. The van der Waals surface area contributed by atoms with Gasteiger partial charge >= 0.3 is 0 Å². The summed E-state index contributed by atoms with van der Waals surface area (Å²) >= 11 is 0. The summed E-state index contributed by atoms with van der Waals surface area (Å²) in [6, 6.07) is 13.4. The van der Waals surface area contributed by atoms with Crippen molar-refractivity contribution in [2.45, 2.75) is 26.0 Å². The van der Waals surface area contributed by atoms with Gasteiger partial charge in [-0.25, -0.2) is 9.55 Å². The van der Waals surface area contributed by atoms with Crippen molar-refractivity contribution in [3.63, 3.8) is 0 Å². The number of imidazole rings is 1. The molecule has 1 aromatic heterocycles. The number of para-hydroxylation sites is 2. The maximum Gasteiger partial charge on any atom is 0.254 e. The highest BCUT2D eigenvalue weighted by Gasteiger charge is 2.20. The molecule has 1 atom stereocenters. The highest BCUT2D eigenvalue weighted by Crippen LogP contribution is 2.27. The standard InChI is InChI=1S/C20H24N2O4/c1-4-20-21-18-7-5-6-8-19(18)22(20)12-14(23)13-26-17-10-15(24-2)9-16(11-17)25-3/h5-11,14,23H,4,12-13H2,1-3H3/p+1. The van der Waals surface area contributed by atoms with E-state index in [4.69, 9.17) is 14.2 Å². The molecule has 0 amide bonds. The predicted octanol–water partition coefficient (Wildman–Crippen LogP) is 2.47. The number of benzene rings is 2. The Hall–Kier alpha value is -2.73. The molecule has 1 unspecified atom stereocenters. The van der Waals surface area contributed by atoms with Crippen LogP contribution in [0.4, 0.5) is 0 Å². The molecule has 0 fully saturated rings. The third-order valence-electron chi connectivity index (χ3n) is 4.30. The van der Waals surface area contributed by atoms with Crippen LogP contribution in [0.15, 0.2) is 42.5 Å². The molecule has 2 N–H and O–H groups in total. The van der Waals surface area contributed by atoms with Gasteiger partial charge in [-0.1, -0.05) is 19.1 Å². The number of rotatable bonds is 8. The van der Waals surface area contributed by atoms with E-state index in [1.165, 1.54) is 0 Å². The minimum Gasteiger partial charge on any atom is -0.496 e. The number of aromatic nitrogens is 2. The number of nitrogens with one attached hydrogen (secondary N) is 1. The van der Waals surface area contributed by atoms with Gasteiger partial charge in [0.25, 0.3) is 5.82 Å². The molecule has 26 heavy (non-hydrogen) atoms. The van der Waals surface area contributed by atoms with Crippen molar-refractivity contribution in [2.75, 3.05) is 20.8 Å². The number of methoxy groups -OCH3 is 2. The lowest BCUT2D eigenvalue weighted by Crippen LogP contribution is -2.44. The maximum absolute atomic E-state index is 10.5. The van der Waals surface area contributed by atoms with Gasteiger partial charge in [0.05, 0.1) is 14.2 Å². The second kappa shape index (κ2) is 8.10. The number of H-pyrrole nitrogens is 1. The number of aryl methyl sites for hydroxylation is 1. The van der Waals surface area contributed by atoms with Crippen LogP contribution in [-0.2, 0) is 13.0 Å². The first-order valence-electron chi connectivity index (χ1n) is 8.68. The molecule has 3 aromatic rings. The molecule has 138 valence electrons. The molecule has 0 aliphatic rings. The maximum atomic E-state index is 10.5. The second-order valence-corrected chi connectivity index (χ2v) is 6.07. The number of hydrogen-bond acceptors (Lipinski definition) is 4. The van der Waals surface area contributed by atoms with Crippen LogP contribution in [0.3, 0.4) is 0 Å². The highest BCUT2D eigenvalue weighted by atomic mass is 16.5. The molecule has 2 aromatic carbocycles. The summed E-state index contributed by atoms with van der Waals surface area (Å²) < 4.78 is 18.3. The zero-order valence-corrected chi connectivity index (χ0v) is 15.4. The molecule has 0 saturated carbocycles. The van der Waals surface area contributed by atoms with Crippen molar-refractivity contribution in [1.29, 1.82) is 0 Å². The zero-order valence-electron chi connectivity index (χ0n) is 15.4. The van der Waals surface area contributed by atoms with Crippen LogP contribution in [-0.4, -0.2) is 37.0 Å². The van der Waals surface area contributed by atoms with E-state index in [1.807, 2.05) is 24.3 Å². The summed E-state index contributed by atoms with van der Waals surface area (Å²) in [4.78, 5) is 3.40. The predicted molar refractivity (Wildman–Crippen MR) is 98.9 cm³/mol. The van der Waals surface area contributed by atoms with Crippen molar-refractivity contribution in [1.82, 2.24) is 4.98 Å². The Morgan fingerprint density at radius 3 is 2.35 bits per heavy atom. The molecule has 0 radical (unpaired) electrons. The Labute approximate surface area is 152 Å². The van der Waals surface area contributed by atoms with Crippen LogP contribution in [0.1, 0.15) is 12.7 Å². The van der Waals surface area contributed by atoms with Crippen molar-refractivity contribution in [2.24, 2.45) is 0 Å². The lowest BCUT2D eigenvalue weighted by molar-refractivity contribution is -0.685. The fraction of sp³-hybridized carbons (Fsp3) is 0.350. The average molecular weight is 357 g/mol. The Bertz CT molecular complexity index is 853. The van der Waals surface area contributed by atoms with E-state index in [2.05, 4.69) is 16.5 Å². The fourth-order valence-electron chi connectivity index (χ4n) is 2.99. The largest absolute Gasteiger partial charge is 0.496 e. The smallest absolute Gasteiger partial charge is 0.254 e. The average Bonchev–Trinajstić information content (AvgIpc) is 3.03. The van der Waals surface area contributed by atoms with E-state index in [-0.39, 0.29) is 6.61 Å². The van der Waals surface area contributed by atoms with Gasteiger partial charge < -0.3 is 19.3 Å². The van der Waals surface area contributed by atoms with Crippen LogP contribution in [0.5, 0.6) is 17.2 Å². The monoisotopic (exact) mass is 357 g/mol. The number of aromatic amines is 1. The van der Waals surface area contributed by atoms with Crippen LogP contribution in [0, 0.1) is 0 Å². The number of aliphatic hydroxyl groups excluding tert-OH is 1. The van der Waals surface area contributed by atoms with Gasteiger partial charge in [-0.2, -0.15) is 0 Å². The Kier molecular flexibility index (Phi) is 5.63. The second-order valence-electron chi connectivity index (χ2n) is 6.07. The van der Waals surface area contributed by atoms with E-state index < -0.39 is 6.10 Å². The summed E-state index contributed by atoms with van der Waals surface area (Å²) in [6.45, 7) is 2.72. The molecule has 0 saturated heterocycles. The fourth-order valence-corrected chi connectivity index (χ4v) is 2.99. The number of hydrogen-bond donors (Lipinski definition) is 2. The van der Waals surface area contributed by atoms with Crippen molar-refractivity contribution >= 4 is 11.0 Å². The zero-order chi connectivity index (χ0) is 18.5. The minimum atomic E-state index is -0.651. The third-order valence-corrected chi connectivity index (χ3v) is 4.30. The van der Waals surface area contributed by atoms with Gasteiger partial charge in [-0.05, 0) is 12.1 Å². The van der Waals surface area contributed by atoms with E-state index in [0.29, 0.717) is 23.8 Å². The van der Waals surface area contributed by atoms with Crippen LogP contribution in [0.2, 0.25) is 0 Å². The molecule has 1 heterocycles. The van der Waals surface area contributed by atoms with Gasteiger partial charge in [0.2, 0.25) is 0 Å². The van der Waals surface area contributed by atoms with Crippen molar-refractivity contribution in [3.8, 4) is 17.2 Å². The molecular weight excluding hydrogens is 332 g/mol. The summed E-state index contributed by atoms with van der Waals surface area (Å²) in [5.41, 5.74) is 2.14. The van der Waals surface area contributed by atoms with Gasteiger partial charge in [0.15, 0.2) is 11.0 Å². The van der Waals surface area contributed by atoms with Gasteiger partial charge in [-0.3, -0.25) is 0 Å². The van der Waals surface area contributed by atoms with Gasteiger partial charge in [0.1, 0.15) is 36.5 Å². The molecule has 6 nitrogen and oxygen atoms in total.